The molecule has 2 aliphatic heterocycles. The van der Waals surface area contributed by atoms with Crippen molar-refractivity contribution in [3.05, 3.63) is 24.3 Å². The highest BCUT2D eigenvalue weighted by Crippen LogP contribution is 2.39. The summed E-state index contributed by atoms with van der Waals surface area (Å²) in [6, 6.07) is 7.74. The van der Waals surface area contributed by atoms with Crippen molar-refractivity contribution in [1.82, 2.24) is 0 Å². The van der Waals surface area contributed by atoms with Crippen LogP contribution >= 0.6 is 12.6 Å². The Morgan fingerprint density at radius 1 is 1.33 bits per heavy atom. The van der Waals surface area contributed by atoms with Gasteiger partial charge in [-0.3, -0.25) is 4.79 Å². The number of hydrogen-bond acceptors (Lipinski definition) is 4. The number of ether oxygens (including phenoxy) is 2. The van der Waals surface area contributed by atoms with Gasteiger partial charge in [0.25, 0.3) is 5.91 Å². The fourth-order valence-corrected chi connectivity index (χ4v) is 3.44. The maximum Gasteiger partial charge on any atom is 0.267 e. The zero-order chi connectivity index (χ0) is 14.9. The Labute approximate surface area is 130 Å². The van der Waals surface area contributed by atoms with Gasteiger partial charge in [-0.15, -0.1) is 0 Å². The van der Waals surface area contributed by atoms with E-state index in [0.717, 1.165) is 43.2 Å². The van der Waals surface area contributed by atoms with E-state index in [2.05, 4.69) is 12.6 Å². The molecule has 0 N–H and O–H groups in total. The molecular weight excluding hydrogens is 286 g/mol. The number of hydrogen-bond donors (Lipinski definition) is 1. The molecule has 0 aliphatic carbocycles. The molecule has 0 saturated carbocycles. The second-order valence-electron chi connectivity index (χ2n) is 5.92. The number of fused-ring (bicyclic) bond motifs is 1. The van der Waals surface area contributed by atoms with Crippen molar-refractivity contribution >= 4 is 24.2 Å². The van der Waals surface area contributed by atoms with Gasteiger partial charge in [-0.25, -0.2) is 0 Å². The van der Waals surface area contributed by atoms with Gasteiger partial charge in [0.1, 0.15) is 5.75 Å². The van der Waals surface area contributed by atoms with Crippen LogP contribution in [0.3, 0.4) is 0 Å². The molecule has 1 fully saturated rings. The minimum atomic E-state index is -0.434. The SMILES string of the molecule is CC1Oc2ccccc2N(CC2(CS)CCOCC2)C1=O. The average Bonchev–Trinajstić information content (AvgIpc) is 2.53. The van der Waals surface area contributed by atoms with Crippen LogP contribution in [0.25, 0.3) is 0 Å². The van der Waals surface area contributed by atoms with Gasteiger partial charge >= 0.3 is 0 Å². The molecule has 2 aliphatic rings. The molecule has 1 aromatic carbocycles. The van der Waals surface area contributed by atoms with Crippen molar-refractivity contribution in [2.45, 2.75) is 25.9 Å². The Kier molecular flexibility index (Phi) is 4.13. The lowest BCUT2D eigenvalue weighted by atomic mass is 9.81. The summed E-state index contributed by atoms with van der Waals surface area (Å²) in [5.41, 5.74) is 0.898. The third kappa shape index (κ3) is 2.77. The van der Waals surface area contributed by atoms with Crippen molar-refractivity contribution in [1.29, 1.82) is 0 Å². The molecule has 1 atom stereocenters. The summed E-state index contributed by atoms with van der Waals surface area (Å²) in [6.07, 6.45) is 1.45. The standard InChI is InChI=1S/C16H21NO3S/c1-12-15(18)17(13-4-2-3-5-14(13)20-12)10-16(11-21)6-8-19-9-7-16/h2-5,12,21H,6-11H2,1H3. The molecular formula is C16H21NO3S. The summed E-state index contributed by atoms with van der Waals surface area (Å²) < 4.78 is 11.2. The van der Waals surface area contributed by atoms with Crippen LogP contribution in [0.4, 0.5) is 5.69 Å². The molecule has 0 bridgehead atoms. The first kappa shape index (κ1) is 14.7. The van der Waals surface area contributed by atoms with Crippen LogP contribution in [-0.4, -0.2) is 37.5 Å². The van der Waals surface area contributed by atoms with Crippen molar-refractivity contribution in [3.63, 3.8) is 0 Å². The van der Waals surface area contributed by atoms with Crippen molar-refractivity contribution in [2.24, 2.45) is 5.41 Å². The molecule has 1 aromatic rings. The Hall–Kier alpha value is -1.20. The molecule has 1 unspecified atom stereocenters. The van der Waals surface area contributed by atoms with Gasteiger partial charge in [0, 0.05) is 25.2 Å². The highest BCUT2D eigenvalue weighted by molar-refractivity contribution is 7.80. The fourth-order valence-electron chi connectivity index (χ4n) is 3.03. The number of carbonyl (C=O) groups is 1. The molecule has 21 heavy (non-hydrogen) atoms. The predicted octanol–water partition coefficient (Wildman–Crippen LogP) is 2.53. The van der Waals surface area contributed by atoms with Gasteiger partial charge in [0.05, 0.1) is 5.69 Å². The van der Waals surface area contributed by atoms with E-state index >= 15 is 0 Å². The lowest BCUT2D eigenvalue weighted by Gasteiger charge is -2.42. The summed E-state index contributed by atoms with van der Waals surface area (Å²) in [5, 5.41) is 0. The van der Waals surface area contributed by atoms with Crippen LogP contribution in [0.1, 0.15) is 19.8 Å². The maximum atomic E-state index is 12.6. The molecule has 2 heterocycles. The largest absolute Gasteiger partial charge is 0.479 e. The van der Waals surface area contributed by atoms with Crippen LogP contribution in [0.15, 0.2) is 24.3 Å². The van der Waals surface area contributed by atoms with Gasteiger partial charge < -0.3 is 14.4 Å². The number of amides is 1. The highest BCUT2D eigenvalue weighted by atomic mass is 32.1. The first-order valence-electron chi connectivity index (χ1n) is 7.41. The lowest BCUT2D eigenvalue weighted by molar-refractivity contribution is -0.126. The van der Waals surface area contributed by atoms with Crippen LogP contribution in [0.2, 0.25) is 0 Å². The molecule has 114 valence electrons. The molecule has 0 radical (unpaired) electrons. The first-order chi connectivity index (χ1) is 10.2. The Balaban J connectivity index is 1.91. The van der Waals surface area contributed by atoms with Crippen LogP contribution in [0, 0.1) is 5.41 Å². The van der Waals surface area contributed by atoms with Gasteiger partial charge in [-0.1, -0.05) is 12.1 Å². The molecule has 0 spiro atoms. The minimum Gasteiger partial charge on any atom is -0.479 e. The topological polar surface area (TPSA) is 38.8 Å². The highest BCUT2D eigenvalue weighted by Gasteiger charge is 2.39. The Morgan fingerprint density at radius 2 is 2.05 bits per heavy atom. The first-order valence-corrected chi connectivity index (χ1v) is 8.04. The van der Waals surface area contributed by atoms with E-state index in [1.165, 1.54) is 0 Å². The quantitative estimate of drug-likeness (QED) is 0.872. The van der Waals surface area contributed by atoms with Gasteiger partial charge in [0.15, 0.2) is 6.10 Å². The number of carbonyl (C=O) groups excluding carboxylic acids is 1. The van der Waals surface area contributed by atoms with Crippen molar-refractivity contribution in [2.75, 3.05) is 30.4 Å². The van der Waals surface area contributed by atoms with E-state index in [4.69, 9.17) is 9.47 Å². The number of thiol groups is 1. The predicted molar refractivity (Wildman–Crippen MR) is 85.2 cm³/mol. The molecule has 0 aromatic heterocycles. The number of para-hydroxylation sites is 2. The fraction of sp³-hybridized carbons (Fsp3) is 0.562. The van der Waals surface area contributed by atoms with Crippen LogP contribution in [0.5, 0.6) is 5.75 Å². The second-order valence-corrected chi connectivity index (χ2v) is 6.24. The minimum absolute atomic E-state index is 0.0290. The van der Waals surface area contributed by atoms with E-state index in [-0.39, 0.29) is 11.3 Å². The normalized spacial score (nSPS) is 24.4. The third-order valence-corrected chi connectivity index (χ3v) is 5.13. The molecule has 1 amide bonds. The van der Waals surface area contributed by atoms with E-state index in [1.807, 2.05) is 36.1 Å². The van der Waals surface area contributed by atoms with Crippen molar-refractivity contribution in [3.8, 4) is 5.75 Å². The number of rotatable bonds is 3. The zero-order valence-corrected chi connectivity index (χ0v) is 13.1. The van der Waals surface area contributed by atoms with Gasteiger partial charge in [-0.05, 0) is 37.7 Å². The van der Waals surface area contributed by atoms with E-state index in [0.29, 0.717) is 6.54 Å². The number of anilines is 1. The zero-order valence-electron chi connectivity index (χ0n) is 12.2. The average molecular weight is 307 g/mol. The number of benzene rings is 1. The maximum absolute atomic E-state index is 12.6. The van der Waals surface area contributed by atoms with E-state index < -0.39 is 6.10 Å². The van der Waals surface area contributed by atoms with Gasteiger partial charge in [0.2, 0.25) is 0 Å². The third-order valence-electron chi connectivity index (χ3n) is 4.46. The van der Waals surface area contributed by atoms with Gasteiger partial charge in [-0.2, -0.15) is 12.6 Å². The lowest BCUT2D eigenvalue weighted by Crippen LogP contribution is -2.51. The van der Waals surface area contributed by atoms with Crippen LogP contribution < -0.4 is 9.64 Å². The molecule has 4 nitrogen and oxygen atoms in total. The Bertz CT molecular complexity index is 528. The molecule has 3 rings (SSSR count). The summed E-state index contributed by atoms with van der Waals surface area (Å²) in [4.78, 5) is 14.4. The molecule has 5 heteroatoms. The second kappa shape index (κ2) is 5.89. The summed E-state index contributed by atoms with van der Waals surface area (Å²) in [7, 11) is 0. The summed E-state index contributed by atoms with van der Waals surface area (Å²) in [6.45, 7) is 3.98. The van der Waals surface area contributed by atoms with Crippen molar-refractivity contribution < 1.29 is 14.3 Å². The monoisotopic (exact) mass is 307 g/mol. The van der Waals surface area contributed by atoms with E-state index in [1.54, 1.807) is 0 Å². The Morgan fingerprint density at radius 3 is 2.76 bits per heavy atom. The number of nitrogens with zero attached hydrogens (tertiary/aromatic N) is 1. The summed E-state index contributed by atoms with van der Waals surface area (Å²) in [5.74, 6) is 1.57. The summed E-state index contributed by atoms with van der Waals surface area (Å²) >= 11 is 4.55. The smallest absolute Gasteiger partial charge is 0.267 e. The van der Waals surface area contributed by atoms with E-state index in [9.17, 15) is 4.79 Å². The molecule has 1 saturated heterocycles. The van der Waals surface area contributed by atoms with Crippen LogP contribution in [-0.2, 0) is 9.53 Å².